The Morgan fingerprint density at radius 2 is 2.12 bits per heavy atom. The number of aryl methyl sites for hydroxylation is 1. The first-order valence-corrected chi connectivity index (χ1v) is 9.59. The van der Waals surface area contributed by atoms with Gasteiger partial charge in [0.15, 0.2) is 0 Å². The first-order chi connectivity index (χ1) is 12.3. The van der Waals surface area contributed by atoms with Gasteiger partial charge in [-0.25, -0.2) is 0 Å². The predicted molar refractivity (Wildman–Crippen MR) is 102 cm³/mol. The fraction of sp³-hybridized carbons (Fsp3) is 0.526. The highest BCUT2D eigenvalue weighted by molar-refractivity contribution is 9.10. The lowest BCUT2D eigenvalue weighted by Gasteiger charge is -2.34. The summed E-state index contributed by atoms with van der Waals surface area (Å²) in [5.41, 5.74) is 1.50. The molecule has 0 spiro atoms. The van der Waals surface area contributed by atoms with E-state index in [2.05, 4.69) is 21.2 Å². The summed E-state index contributed by atoms with van der Waals surface area (Å²) >= 11 is 3.42. The Bertz CT molecular complexity index is 690. The van der Waals surface area contributed by atoms with Crippen LogP contribution < -0.4 is 5.32 Å². The number of nitrogens with zero attached hydrogens (tertiary/aromatic N) is 1. The van der Waals surface area contributed by atoms with Crippen LogP contribution >= 0.6 is 15.9 Å². The molecule has 2 amide bonds. The number of hydrogen-bond acceptors (Lipinski definition) is 4. The highest BCUT2D eigenvalue weighted by Gasteiger charge is 2.35. The first kappa shape index (κ1) is 20.4. The second-order valence-corrected chi connectivity index (χ2v) is 7.73. The maximum Gasteiger partial charge on any atom is 0.308 e. The third kappa shape index (κ3) is 5.30. The Kier molecular flexibility index (Phi) is 7.20. The fourth-order valence-electron chi connectivity index (χ4n) is 2.68. The zero-order chi connectivity index (χ0) is 19.3. The van der Waals surface area contributed by atoms with Crippen LogP contribution in [0.3, 0.4) is 0 Å². The van der Waals surface area contributed by atoms with E-state index < -0.39 is 12.0 Å². The molecule has 1 N–H and O–H groups in total. The van der Waals surface area contributed by atoms with Gasteiger partial charge in [-0.15, -0.1) is 0 Å². The standard InChI is InChI=1S/C19H25BrN2O4/c1-12(2)6-9-26-17(23)11-16-18(24)21-7-8-22(16)19(25)14-5-4-13(3)15(20)10-14/h4-5,10,12,16H,6-9,11H2,1-3H3,(H,21,24). The molecule has 1 saturated heterocycles. The summed E-state index contributed by atoms with van der Waals surface area (Å²) in [7, 11) is 0. The molecule has 1 aliphatic rings. The molecular weight excluding hydrogens is 400 g/mol. The van der Waals surface area contributed by atoms with E-state index in [-0.39, 0.29) is 18.2 Å². The zero-order valence-corrected chi connectivity index (χ0v) is 17.0. The maximum atomic E-state index is 12.9. The van der Waals surface area contributed by atoms with Crippen molar-refractivity contribution in [3.8, 4) is 0 Å². The van der Waals surface area contributed by atoms with Crippen molar-refractivity contribution < 1.29 is 19.1 Å². The van der Waals surface area contributed by atoms with Crippen LogP contribution in [-0.4, -0.2) is 48.4 Å². The lowest BCUT2D eigenvalue weighted by atomic mass is 10.1. The average molecular weight is 425 g/mol. The van der Waals surface area contributed by atoms with E-state index in [0.717, 1.165) is 16.5 Å². The Hall–Kier alpha value is -1.89. The minimum absolute atomic E-state index is 0.136. The summed E-state index contributed by atoms with van der Waals surface area (Å²) in [5, 5.41) is 2.72. The molecule has 7 heteroatoms. The van der Waals surface area contributed by atoms with Crippen LogP contribution in [0.25, 0.3) is 0 Å². The molecule has 2 rings (SSSR count). The molecule has 0 aliphatic carbocycles. The normalized spacial score (nSPS) is 17.2. The van der Waals surface area contributed by atoms with Crippen molar-refractivity contribution >= 4 is 33.7 Å². The topological polar surface area (TPSA) is 75.7 Å². The minimum Gasteiger partial charge on any atom is -0.466 e. The largest absolute Gasteiger partial charge is 0.466 e. The molecule has 1 unspecified atom stereocenters. The van der Waals surface area contributed by atoms with E-state index in [0.29, 0.717) is 31.2 Å². The van der Waals surface area contributed by atoms with Crippen molar-refractivity contribution in [3.63, 3.8) is 0 Å². The van der Waals surface area contributed by atoms with E-state index in [1.807, 2.05) is 26.8 Å². The van der Waals surface area contributed by atoms with Gasteiger partial charge in [-0.2, -0.15) is 0 Å². The number of amides is 2. The van der Waals surface area contributed by atoms with Gasteiger partial charge in [-0.05, 0) is 37.0 Å². The number of esters is 1. The molecule has 1 atom stereocenters. The molecule has 6 nitrogen and oxygen atoms in total. The van der Waals surface area contributed by atoms with E-state index in [1.165, 1.54) is 4.90 Å². The Morgan fingerprint density at radius 3 is 2.77 bits per heavy atom. The summed E-state index contributed by atoms with van der Waals surface area (Å²) in [6.07, 6.45) is 0.630. The lowest BCUT2D eigenvalue weighted by molar-refractivity contribution is -0.148. The molecule has 0 aromatic heterocycles. The molecule has 0 radical (unpaired) electrons. The number of piperazine rings is 1. The first-order valence-electron chi connectivity index (χ1n) is 8.80. The summed E-state index contributed by atoms with van der Waals surface area (Å²) < 4.78 is 6.04. The number of benzene rings is 1. The van der Waals surface area contributed by atoms with Crippen LogP contribution in [0.2, 0.25) is 0 Å². The van der Waals surface area contributed by atoms with Crippen molar-refractivity contribution in [1.29, 1.82) is 0 Å². The molecule has 1 aromatic rings. The van der Waals surface area contributed by atoms with Crippen molar-refractivity contribution in [2.45, 2.75) is 39.7 Å². The van der Waals surface area contributed by atoms with Gasteiger partial charge < -0.3 is 15.0 Å². The second kappa shape index (κ2) is 9.16. The molecule has 1 aromatic carbocycles. The number of carbonyl (C=O) groups is 3. The molecule has 26 heavy (non-hydrogen) atoms. The third-order valence-electron chi connectivity index (χ3n) is 4.33. The minimum atomic E-state index is -0.845. The number of halogens is 1. The number of hydrogen-bond donors (Lipinski definition) is 1. The van der Waals surface area contributed by atoms with Gasteiger partial charge in [0.2, 0.25) is 5.91 Å². The summed E-state index contributed by atoms with van der Waals surface area (Å²) in [6, 6.07) is 4.47. The Labute approximate surface area is 162 Å². The van der Waals surface area contributed by atoms with Crippen LogP contribution in [0.4, 0.5) is 0 Å². The van der Waals surface area contributed by atoms with Gasteiger partial charge in [-0.3, -0.25) is 14.4 Å². The zero-order valence-electron chi connectivity index (χ0n) is 15.4. The molecule has 0 bridgehead atoms. The molecule has 142 valence electrons. The van der Waals surface area contributed by atoms with Gasteiger partial charge in [0, 0.05) is 23.1 Å². The Morgan fingerprint density at radius 1 is 1.38 bits per heavy atom. The van der Waals surface area contributed by atoms with Crippen molar-refractivity contribution in [2.24, 2.45) is 5.92 Å². The van der Waals surface area contributed by atoms with Crippen molar-refractivity contribution in [1.82, 2.24) is 10.2 Å². The molecule has 1 fully saturated rings. The SMILES string of the molecule is Cc1ccc(C(=O)N2CCNC(=O)C2CC(=O)OCCC(C)C)cc1Br. The third-order valence-corrected chi connectivity index (χ3v) is 5.18. The predicted octanol–water partition coefficient (Wildman–Crippen LogP) is 2.68. The van der Waals surface area contributed by atoms with Gasteiger partial charge >= 0.3 is 5.97 Å². The van der Waals surface area contributed by atoms with E-state index >= 15 is 0 Å². The van der Waals surface area contributed by atoms with Gasteiger partial charge in [0.25, 0.3) is 5.91 Å². The number of rotatable bonds is 6. The van der Waals surface area contributed by atoms with Gasteiger partial charge in [0.05, 0.1) is 13.0 Å². The average Bonchev–Trinajstić information content (AvgIpc) is 2.58. The van der Waals surface area contributed by atoms with Crippen LogP contribution in [0.15, 0.2) is 22.7 Å². The fourth-order valence-corrected chi connectivity index (χ4v) is 3.06. The van der Waals surface area contributed by atoms with Crippen LogP contribution in [0.1, 0.15) is 42.6 Å². The Balaban J connectivity index is 2.09. The van der Waals surface area contributed by atoms with Gasteiger partial charge in [-0.1, -0.05) is 35.8 Å². The van der Waals surface area contributed by atoms with Crippen LogP contribution in [-0.2, 0) is 14.3 Å². The highest BCUT2D eigenvalue weighted by Crippen LogP contribution is 2.21. The quantitative estimate of drug-likeness (QED) is 0.712. The van der Waals surface area contributed by atoms with E-state index in [9.17, 15) is 14.4 Å². The number of ether oxygens (including phenoxy) is 1. The summed E-state index contributed by atoms with van der Waals surface area (Å²) in [4.78, 5) is 38.7. The summed E-state index contributed by atoms with van der Waals surface area (Å²) in [5.74, 6) is -0.619. The van der Waals surface area contributed by atoms with Crippen molar-refractivity contribution in [3.05, 3.63) is 33.8 Å². The number of carbonyl (C=O) groups excluding carboxylic acids is 3. The molecule has 1 heterocycles. The number of nitrogens with one attached hydrogen (secondary N) is 1. The summed E-state index contributed by atoms with van der Waals surface area (Å²) in [6.45, 7) is 7.08. The molecule has 0 saturated carbocycles. The highest BCUT2D eigenvalue weighted by atomic mass is 79.9. The lowest BCUT2D eigenvalue weighted by Crippen LogP contribution is -2.57. The second-order valence-electron chi connectivity index (χ2n) is 6.88. The maximum absolute atomic E-state index is 12.9. The monoisotopic (exact) mass is 424 g/mol. The smallest absolute Gasteiger partial charge is 0.308 e. The molecule has 1 aliphatic heterocycles. The molecular formula is C19H25BrN2O4. The van der Waals surface area contributed by atoms with E-state index in [1.54, 1.807) is 12.1 Å². The van der Waals surface area contributed by atoms with Gasteiger partial charge in [0.1, 0.15) is 6.04 Å². The van der Waals surface area contributed by atoms with E-state index in [4.69, 9.17) is 4.74 Å². The van der Waals surface area contributed by atoms with Crippen LogP contribution in [0.5, 0.6) is 0 Å². The van der Waals surface area contributed by atoms with Crippen molar-refractivity contribution in [2.75, 3.05) is 19.7 Å². The van der Waals surface area contributed by atoms with Crippen LogP contribution in [0, 0.1) is 12.8 Å².